The first-order chi connectivity index (χ1) is 9.61. The topological polar surface area (TPSA) is 35.6 Å². The average Bonchev–Trinajstić information content (AvgIpc) is 2.60. The van der Waals surface area contributed by atoms with Crippen molar-refractivity contribution in [3.63, 3.8) is 0 Å². The maximum atomic E-state index is 12.0. The molecule has 0 spiro atoms. The van der Waals surface area contributed by atoms with E-state index in [1.807, 2.05) is 25.2 Å². The summed E-state index contributed by atoms with van der Waals surface area (Å²) in [6.07, 6.45) is 0.982. The van der Waals surface area contributed by atoms with Gasteiger partial charge < -0.3 is 15.1 Å². The molecule has 1 saturated heterocycles. The number of nitrogens with one attached hydrogen (secondary N) is 1. The van der Waals surface area contributed by atoms with Crippen LogP contribution in [0, 0.1) is 0 Å². The molecule has 1 aliphatic rings. The molecule has 0 bridgehead atoms. The lowest BCUT2D eigenvalue weighted by Crippen LogP contribution is -2.35. The Labute approximate surface area is 125 Å². The number of carbonyl (C=O) groups is 1. The summed E-state index contributed by atoms with van der Waals surface area (Å²) < 4.78 is 0. The van der Waals surface area contributed by atoms with Crippen molar-refractivity contribution in [2.24, 2.45) is 0 Å². The molecule has 1 N–H and O–H groups in total. The summed E-state index contributed by atoms with van der Waals surface area (Å²) in [6.45, 7) is 5.93. The molecule has 1 heterocycles. The lowest BCUT2D eigenvalue weighted by Gasteiger charge is -2.25. The predicted molar refractivity (Wildman–Crippen MR) is 83.3 cm³/mol. The van der Waals surface area contributed by atoms with Crippen LogP contribution in [-0.4, -0.2) is 44.0 Å². The number of hydrogen-bond donors (Lipinski definition) is 1. The van der Waals surface area contributed by atoms with Gasteiger partial charge in [-0.25, -0.2) is 0 Å². The number of likely N-dealkylation sites (N-methyl/N-ethyl adjacent to an activating group) is 1. The van der Waals surface area contributed by atoms with Crippen molar-refractivity contribution >= 4 is 23.2 Å². The van der Waals surface area contributed by atoms with Gasteiger partial charge in [0, 0.05) is 37.4 Å². The molecule has 1 amide bonds. The van der Waals surface area contributed by atoms with E-state index in [2.05, 4.69) is 17.1 Å². The van der Waals surface area contributed by atoms with Gasteiger partial charge in [-0.05, 0) is 30.7 Å². The van der Waals surface area contributed by atoms with Crippen molar-refractivity contribution in [2.45, 2.75) is 19.9 Å². The van der Waals surface area contributed by atoms with Gasteiger partial charge in [0.1, 0.15) is 0 Å². The minimum Gasteiger partial charge on any atom is -0.362 e. The van der Waals surface area contributed by atoms with E-state index in [-0.39, 0.29) is 5.91 Å². The molecular formula is C15H22ClN3O. The molecule has 0 atom stereocenters. The standard InChI is InChI=1S/C15H22ClN3O/c1-3-17-10-12-5-6-13(16)9-14(12)19-8-4-7-18(2)15(20)11-19/h5-6,9,17H,3-4,7-8,10-11H2,1-2H3. The number of amides is 1. The van der Waals surface area contributed by atoms with Gasteiger partial charge in [0.15, 0.2) is 0 Å². The molecule has 1 aromatic rings. The SMILES string of the molecule is CCNCc1ccc(Cl)cc1N1CCCN(C)C(=O)C1. The fourth-order valence-electron chi connectivity index (χ4n) is 2.43. The van der Waals surface area contributed by atoms with Crippen LogP contribution in [0.15, 0.2) is 18.2 Å². The Morgan fingerprint density at radius 3 is 2.90 bits per heavy atom. The molecule has 4 nitrogen and oxygen atoms in total. The van der Waals surface area contributed by atoms with E-state index in [1.54, 1.807) is 4.90 Å². The highest BCUT2D eigenvalue weighted by atomic mass is 35.5. The van der Waals surface area contributed by atoms with Crippen molar-refractivity contribution in [2.75, 3.05) is 38.1 Å². The largest absolute Gasteiger partial charge is 0.362 e. The number of benzene rings is 1. The van der Waals surface area contributed by atoms with E-state index >= 15 is 0 Å². The highest BCUT2D eigenvalue weighted by Gasteiger charge is 2.21. The molecule has 0 aliphatic carbocycles. The van der Waals surface area contributed by atoms with Gasteiger partial charge in [-0.1, -0.05) is 24.6 Å². The Balaban J connectivity index is 2.25. The Morgan fingerprint density at radius 1 is 1.35 bits per heavy atom. The molecule has 20 heavy (non-hydrogen) atoms. The lowest BCUT2D eigenvalue weighted by atomic mass is 10.1. The smallest absolute Gasteiger partial charge is 0.241 e. The number of nitrogens with zero attached hydrogens (tertiary/aromatic N) is 2. The zero-order valence-corrected chi connectivity index (χ0v) is 12.9. The van der Waals surface area contributed by atoms with Crippen molar-refractivity contribution in [1.82, 2.24) is 10.2 Å². The predicted octanol–water partition coefficient (Wildman–Crippen LogP) is 2.12. The number of anilines is 1. The van der Waals surface area contributed by atoms with Gasteiger partial charge in [-0.3, -0.25) is 4.79 Å². The Morgan fingerprint density at radius 2 is 2.15 bits per heavy atom. The summed E-state index contributed by atoms with van der Waals surface area (Å²) in [5.74, 6) is 0.164. The molecule has 5 heteroatoms. The summed E-state index contributed by atoms with van der Waals surface area (Å²) in [7, 11) is 1.86. The molecule has 2 rings (SSSR count). The summed E-state index contributed by atoms with van der Waals surface area (Å²) in [5, 5.41) is 4.05. The van der Waals surface area contributed by atoms with E-state index < -0.39 is 0 Å². The summed E-state index contributed by atoms with van der Waals surface area (Å²) >= 11 is 6.13. The molecular weight excluding hydrogens is 274 g/mol. The highest BCUT2D eigenvalue weighted by molar-refractivity contribution is 6.30. The van der Waals surface area contributed by atoms with Gasteiger partial charge in [0.2, 0.25) is 5.91 Å². The minimum absolute atomic E-state index is 0.164. The third-order valence-corrected chi connectivity index (χ3v) is 3.86. The van der Waals surface area contributed by atoms with Gasteiger partial charge >= 0.3 is 0 Å². The fourth-order valence-corrected chi connectivity index (χ4v) is 2.60. The summed E-state index contributed by atoms with van der Waals surface area (Å²) in [5.41, 5.74) is 2.26. The highest BCUT2D eigenvalue weighted by Crippen LogP contribution is 2.26. The summed E-state index contributed by atoms with van der Waals surface area (Å²) in [4.78, 5) is 16.0. The Kier molecular flexibility index (Phi) is 5.26. The van der Waals surface area contributed by atoms with Crippen LogP contribution in [0.5, 0.6) is 0 Å². The maximum Gasteiger partial charge on any atom is 0.241 e. The first-order valence-electron chi connectivity index (χ1n) is 7.10. The molecule has 0 radical (unpaired) electrons. The zero-order chi connectivity index (χ0) is 14.5. The number of rotatable bonds is 4. The monoisotopic (exact) mass is 295 g/mol. The second-order valence-corrected chi connectivity index (χ2v) is 5.58. The van der Waals surface area contributed by atoms with Crippen molar-refractivity contribution in [3.8, 4) is 0 Å². The van der Waals surface area contributed by atoms with Crippen LogP contribution in [0.4, 0.5) is 5.69 Å². The Bertz CT molecular complexity index is 478. The van der Waals surface area contributed by atoms with Gasteiger partial charge in [-0.2, -0.15) is 0 Å². The third kappa shape index (κ3) is 3.64. The number of halogens is 1. The zero-order valence-electron chi connectivity index (χ0n) is 12.2. The normalized spacial score (nSPS) is 16.4. The van der Waals surface area contributed by atoms with E-state index in [0.29, 0.717) is 11.6 Å². The number of carbonyl (C=O) groups excluding carboxylic acids is 1. The summed E-state index contributed by atoms with van der Waals surface area (Å²) in [6, 6.07) is 5.91. The van der Waals surface area contributed by atoms with Crippen molar-refractivity contribution < 1.29 is 4.79 Å². The minimum atomic E-state index is 0.164. The first-order valence-corrected chi connectivity index (χ1v) is 7.47. The van der Waals surface area contributed by atoms with Crippen LogP contribution in [-0.2, 0) is 11.3 Å². The fraction of sp³-hybridized carbons (Fsp3) is 0.533. The van der Waals surface area contributed by atoms with Gasteiger partial charge in [0.25, 0.3) is 0 Å². The van der Waals surface area contributed by atoms with E-state index in [4.69, 9.17) is 11.6 Å². The van der Waals surface area contributed by atoms with Crippen LogP contribution < -0.4 is 10.2 Å². The van der Waals surface area contributed by atoms with Crippen LogP contribution in [0.2, 0.25) is 5.02 Å². The second kappa shape index (κ2) is 6.95. The van der Waals surface area contributed by atoms with E-state index in [0.717, 1.165) is 38.3 Å². The molecule has 1 aliphatic heterocycles. The first kappa shape index (κ1) is 15.1. The quantitative estimate of drug-likeness (QED) is 0.924. The van der Waals surface area contributed by atoms with E-state index in [1.165, 1.54) is 5.56 Å². The number of hydrogen-bond acceptors (Lipinski definition) is 3. The maximum absolute atomic E-state index is 12.0. The molecule has 110 valence electrons. The Hall–Kier alpha value is -1.26. The van der Waals surface area contributed by atoms with Crippen LogP contribution in [0.1, 0.15) is 18.9 Å². The average molecular weight is 296 g/mol. The van der Waals surface area contributed by atoms with Gasteiger partial charge in [0.05, 0.1) is 6.54 Å². The molecule has 1 aromatic carbocycles. The van der Waals surface area contributed by atoms with E-state index in [9.17, 15) is 4.79 Å². The second-order valence-electron chi connectivity index (χ2n) is 5.14. The molecule has 1 fully saturated rings. The van der Waals surface area contributed by atoms with Crippen LogP contribution in [0.25, 0.3) is 0 Å². The molecule has 0 unspecified atom stereocenters. The lowest BCUT2D eigenvalue weighted by molar-refractivity contribution is -0.127. The third-order valence-electron chi connectivity index (χ3n) is 3.63. The molecule has 0 aromatic heterocycles. The van der Waals surface area contributed by atoms with Crippen molar-refractivity contribution in [3.05, 3.63) is 28.8 Å². The van der Waals surface area contributed by atoms with Crippen molar-refractivity contribution in [1.29, 1.82) is 0 Å². The van der Waals surface area contributed by atoms with Gasteiger partial charge in [-0.15, -0.1) is 0 Å². The molecule has 0 saturated carbocycles. The van der Waals surface area contributed by atoms with Crippen LogP contribution >= 0.6 is 11.6 Å². The van der Waals surface area contributed by atoms with Crippen LogP contribution in [0.3, 0.4) is 0 Å².